The van der Waals surface area contributed by atoms with Crippen molar-refractivity contribution in [2.75, 3.05) is 0 Å². The molecule has 0 saturated heterocycles. The summed E-state index contributed by atoms with van der Waals surface area (Å²) in [6.45, 7) is 0. The molecule has 0 aliphatic rings. The SMILES string of the molecule is N#Cn1cccc1-c1[c]cccc1. The number of benzene rings is 1. The van der Waals surface area contributed by atoms with Crippen molar-refractivity contribution in [1.29, 1.82) is 5.26 Å². The quantitative estimate of drug-likeness (QED) is 0.640. The van der Waals surface area contributed by atoms with Crippen LogP contribution in [-0.2, 0) is 0 Å². The van der Waals surface area contributed by atoms with Crippen molar-refractivity contribution < 1.29 is 0 Å². The fraction of sp³-hybridized carbons (Fsp3) is 0. The monoisotopic (exact) mass is 167 g/mol. The number of rotatable bonds is 1. The third kappa shape index (κ3) is 1.32. The molecule has 0 aliphatic heterocycles. The lowest BCUT2D eigenvalue weighted by Crippen LogP contribution is -1.88. The molecule has 13 heavy (non-hydrogen) atoms. The summed E-state index contributed by atoms with van der Waals surface area (Å²) in [4.78, 5) is 0. The first kappa shape index (κ1) is 7.63. The first-order valence-electron chi connectivity index (χ1n) is 3.96. The van der Waals surface area contributed by atoms with E-state index in [0.717, 1.165) is 11.3 Å². The van der Waals surface area contributed by atoms with Gasteiger partial charge in [0.1, 0.15) is 0 Å². The van der Waals surface area contributed by atoms with E-state index in [1.54, 1.807) is 6.20 Å². The van der Waals surface area contributed by atoms with Crippen LogP contribution in [0.15, 0.2) is 42.6 Å². The van der Waals surface area contributed by atoms with E-state index < -0.39 is 0 Å². The van der Waals surface area contributed by atoms with Crippen LogP contribution in [0.5, 0.6) is 0 Å². The summed E-state index contributed by atoms with van der Waals surface area (Å²) in [7, 11) is 0. The molecule has 0 aliphatic carbocycles. The number of hydrogen-bond acceptors (Lipinski definition) is 1. The molecule has 0 bridgehead atoms. The maximum absolute atomic E-state index is 8.77. The van der Waals surface area contributed by atoms with E-state index in [0.29, 0.717) is 0 Å². The molecule has 0 unspecified atom stereocenters. The van der Waals surface area contributed by atoms with Gasteiger partial charge in [0.2, 0.25) is 0 Å². The Balaban J connectivity index is 2.54. The van der Waals surface area contributed by atoms with Crippen molar-refractivity contribution in [3.63, 3.8) is 0 Å². The molecule has 2 heteroatoms. The summed E-state index contributed by atoms with van der Waals surface area (Å²) in [5.74, 6) is 0. The van der Waals surface area contributed by atoms with Crippen molar-refractivity contribution in [3.8, 4) is 17.5 Å². The molecule has 0 N–H and O–H groups in total. The predicted molar refractivity (Wildman–Crippen MR) is 49.7 cm³/mol. The molecule has 2 nitrogen and oxygen atoms in total. The third-order valence-electron chi connectivity index (χ3n) is 1.84. The molecule has 0 amide bonds. The fourth-order valence-corrected chi connectivity index (χ4v) is 1.24. The minimum absolute atomic E-state index is 0.878. The van der Waals surface area contributed by atoms with Gasteiger partial charge in [-0.05, 0) is 18.2 Å². The Kier molecular flexibility index (Phi) is 1.85. The van der Waals surface area contributed by atoms with Gasteiger partial charge in [-0.15, -0.1) is 0 Å². The Morgan fingerprint density at radius 2 is 2.15 bits per heavy atom. The highest BCUT2D eigenvalue weighted by Crippen LogP contribution is 2.17. The Bertz CT molecular complexity index is 435. The van der Waals surface area contributed by atoms with Crippen molar-refractivity contribution >= 4 is 0 Å². The number of aromatic nitrogens is 1. The molecular formula is C11H7N2. The van der Waals surface area contributed by atoms with E-state index in [1.165, 1.54) is 4.57 Å². The average Bonchev–Trinajstić information content (AvgIpc) is 2.67. The van der Waals surface area contributed by atoms with Crippen LogP contribution in [0.25, 0.3) is 11.3 Å². The summed E-state index contributed by atoms with van der Waals surface area (Å²) in [5, 5.41) is 8.77. The van der Waals surface area contributed by atoms with Gasteiger partial charge in [0.25, 0.3) is 0 Å². The largest absolute Gasteiger partial charge is 0.254 e. The Labute approximate surface area is 76.7 Å². The molecule has 0 atom stereocenters. The lowest BCUT2D eigenvalue weighted by Gasteiger charge is -1.98. The maximum atomic E-state index is 8.77. The van der Waals surface area contributed by atoms with E-state index in [4.69, 9.17) is 5.26 Å². The minimum Gasteiger partial charge on any atom is -0.254 e. The molecule has 1 heterocycles. The molecule has 2 aromatic rings. The molecule has 0 saturated carbocycles. The molecule has 1 radical (unpaired) electrons. The first-order chi connectivity index (χ1) is 6.42. The summed E-state index contributed by atoms with van der Waals surface area (Å²) in [5.41, 5.74) is 1.82. The minimum atomic E-state index is 0.878. The van der Waals surface area contributed by atoms with Crippen molar-refractivity contribution in [1.82, 2.24) is 4.57 Å². The number of hydrogen-bond donors (Lipinski definition) is 0. The second-order valence-corrected chi connectivity index (χ2v) is 2.64. The van der Waals surface area contributed by atoms with Crippen LogP contribution in [-0.4, -0.2) is 4.57 Å². The summed E-state index contributed by atoms with van der Waals surface area (Å²) >= 11 is 0. The van der Waals surface area contributed by atoms with Crippen molar-refractivity contribution in [3.05, 3.63) is 48.7 Å². The summed E-state index contributed by atoms with van der Waals surface area (Å²) in [6.07, 6.45) is 3.80. The zero-order valence-corrected chi connectivity index (χ0v) is 6.94. The van der Waals surface area contributed by atoms with Crippen LogP contribution in [0, 0.1) is 17.5 Å². The van der Waals surface area contributed by atoms with Gasteiger partial charge in [0, 0.05) is 11.8 Å². The van der Waals surface area contributed by atoms with Crippen LogP contribution < -0.4 is 0 Å². The van der Waals surface area contributed by atoms with Gasteiger partial charge < -0.3 is 0 Å². The van der Waals surface area contributed by atoms with E-state index in [2.05, 4.69) is 12.3 Å². The van der Waals surface area contributed by atoms with Crippen LogP contribution in [0.4, 0.5) is 0 Å². The van der Waals surface area contributed by atoms with Gasteiger partial charge in [-0.2, -0.15) is 5.26 Å². The zero-order chi connectivity index (χ0) is 9.10. The Morgan fingerprint density at radius 3 is 2.85 bits per heavy atom. The molecule has 2 rings (SSSR count). The highest BCUT2D eigenvalue weighted by Gasteiger charge is 2.01. The fourth-order valence-electron chi connectivity index (χ4n) is 1.24. The molecule has 1 aromatic carbocycles. The Hall–Kier alpha value is -2.01. The first-order valence-corrected chi connectivity index (χ1v) is 3.96. The van der Waals surface area contributed by atoms with Crippen molar-refractivity contribution in [2.45, 2.75) is 0 Å². The number of nitrogens with zero attached hydrogens (tertiary/aromatic N) is 2. The van der Waals surface area contributed by atoms with E-state index >= 15 is 0 Å². The van der Waals surface area contributed by atoms with Crippen LogP contribution in [0.3, 0.4) is 0 Å². The predicted octanol–water partition coefficient (Wildman–Crippen LogP) is 2.28. The van der Waals surface area contributed by atoms with Gasteiger partial charge >= 0.3 is 0 Å². The Morgan fingerprint density at radius 1 is 1.23 bits per heavy atom. The number of nitriles is 1. The van der Waals surface area contributed by atoms with Gasteiger partial charge in [-0.3, -0.25) is 4.57 Å². The highest BCUT2D eigenvalue weighted by molar-refractivity contribution is 5.60. The van der Waals surface area contributed by atoms with Gasteiger partial charge in [-0.25, -0.2) is 0 Å². The molecule has 0 spiro atoms. The van der Waals surface area contributed by atoms with Gasteiger partial charge in [0.05, 0.1) is 5.69 Å². The molecule has 0 fully saturated rings. The normalized spacial score (nSPS) is 9.46. The second-order valence-electron chi connectivity index (χ2n) is 2.64. The summed E-state index contributed by atoms with van der Waals surface area (Å²) < 4.78 is 1.52. The average molecular weight is 167 g/mol. The van der Waals surface area contributed by atoms with E-state index in [9.17, 15) is 0 Å². The van der Waals surface area contributed by atoms with Gasteiger partial charge in [0.15, 0.2) is 6.19 Å². The lowest BCUT2D eigenvalue weighted by atomic mass is 10.1. The van der Waals surface area contributed by atoms with Crippen LogP contribution >= 0.6 is 0 Å². The molecular weight excluding hydrogens is 160 g/mol. The van der Waals surface area contributed by atoms with Gasteiger partial charge in [-0.1, -0.05) is 24.3 Å². The maximum Gasteiger partial charge on any atom is 0.188 e. The smallest absolute Gasteiger partial charge is 0.188 e. The highest BCUT2D eigenvalue weighted by atomic mass is 15.0. The van der Waals surface area contributed by atoms with E-state index in [1.807, 2.05) is 36.4 Å². The van der Waals surface area contributed by atoms with Crippen LogP contribution in [0.2, 0.25) is 0 Å². The van der Waals surface area contributed by atoms with E-state index in [-0.39, 0.29) is 0 Å². The summed E-state index contributed by atoms with van der Waals surface area (Å²) in [6, 6.07) is 14.4. The lowest BCUT2D eigenvalue weighted by molar-refractivity contribution is 1.11. The van der Waals surface area contributed by atoms with Crippen molar-refractivity contribution in [2.24, 2.45) is 0 Å². The standard InChI is InChI=1S/C11H7N2/c12-9-13-8-4-7-11(13)10-5-2-1-3-6-10/h1-5,7-8H. The topological polar surface area (TPSA) is 28.7 Å². The van der Waals surface area contributed by atoms with Crippen LogP contribution in [0.1, 0.15) is 0 Å². The molecule has 1 aromatic heterocycles. The third-order valence-corrected chi connectivity index (χ3v) is 1.84. The zero-order valence-electron chi connectivity index (χ0n) is 6.94. The molecule has 61 valence electrons. The second kappa shape index (κ2) is 3.16.